The summed E-state index contributed by atoms with van der Waals surface area (Å²) in [6, 6.07) is 9.76. The Labute approximate surface area is 156 Å². The number of carbonyl (C=O) groups is 2. The van der Waals surface area contributed by atoms with Crippen molar-refractivity contribution in [2.45, 2.75) is 64.9 Å². The predicted octanol–water partition coefficient (Wildman–Crippen LogP) is 5.18. The van der Waals surface area contributed by atoms with Crippen molar-refractivity contribution in [3.05, 3.63) is 35.9 Å². The topological polar surface area (TPSA) is 55.8 Å². The lowest BCUT2D eigenvalue weighted by atomic mass is 9.79. The second-order valence-corrected chi connectivity index (χ2v) is 7.39. The Kier molecular flexibility index (Phi) is 7.49. The van der Waals surface area contributed by atoms with Crippen LogP contribution in [0.5, 0.6) is 0 Å². The van der Waals surface area contributed by atoms with Gasteiger partial charge in [0.1, 0.15) is 5.60 Å². The number of benzene rings is 1. The van der Waals surface area contributed by atoms with Gasteiger partial charge < -0.3 is 9.47 Å². The van der Waals surface area contributed by atoms with Crippen molar-refractivity contribution in [2.24, 2.45) is 5.92 Å². The lowest BCUT2D eigenvalue weighted by Gasteiger charge is -2.37. The fourth-order valence-electron chi connectivity index (χ4n) is 3.51. The van der Waals surface area contributed by atoms with Gasteiger partial charge in [-0.25, -0.2) is 14.5 Å². The standard InChI is InChI=1S/C21H31NO4/c1-4-25-19(23)22(16-15-17-11-7-5-8-12-17)20(24)26-21(2,3)18-13-9-6-10-14-18/h5,7-8,11-12,18H,4,6,9-10,13-16H2,1-3H3. The number of ether oxygens (including phenoxy) is 2. The molecule has 0 bridgehead atoms. The van der Waals surface area contributed by atoms with Crippen LogP contribution in [0, 0.1) is 5.92 Å². The molecule has 0 spiro atoms. The summed E-state index contributed by atoms with van der Waals surface area (Å²) in [5, 5.41) is 0. The molecule has 2 amide bonds. The summed E-state index contributed by atoms with van der Waals surface area (Å²) < 4.78 is 10.8. The van der Waals surface area contributed by atoms with Crippen molar-refractivity contribution in [1.29, 1.82) is 0 Å². The van der Waals surface area contributed by atoms with Gasteiger partial charge in [-0.15, -0.1) is 0 Å². The summed E-state index contributed by atoms with van der Waals surface area (Å²) in [5.41, 5.74) is 0.468. The second kappa shape index (κ2) is 9.60. The zero-order valence-electron chi connectivity index (χ0n) is 16.2. The molecule has 1 fully saturated rings. The molecule has 0 heterocycles. The monoisotopic (exact) mass is 361 g/mol. The van der Waals surface area contributed by atoms with E-state index in [0.29, 0.717) is 12.3 Å². The van der Waals surface area contributed by atoms with Crippen LogP contribution < -0.4 is 0 Å². The molecule has 0 unspecified atom stereocenters. The molecule has 1 aliphatic rings. The highest BCUT2D eigenvalue weighted by Crippen LogP contribution is 2.35. The van der Waals surface area contributed by atoms with Gasteiger partial charge in [0.05, 0.1) is 6.61 Å². The van der Waals surface area contributed by atoms with Crippen LogP contribution in [-0.4, -0.2) is 35.8 Å². The molecule has 0 saturated heterocycles. The molecular formula is C21H31NO4. The van der Waals surface area contributed by atoms with E-state index in [1.165, 1.54) is 19.3 Å². The molecule has 0 radical (unpaired) electrons. The lowest BCUT2D eigenvalue weighted by molar-refractivity contribution is -0.0334. The first-order valence-corrected chi connectivity index (χ1v) is 9.65. The highest BCUT2D eigenvalue weighted by molar-refractivity contribution is 5.88. The Morgan fingerprint density at radius 3 is 2.35 bits per heavy atom. The highest BCUT2D eigenvalue weighted by atomic mass is 16.6. The van der Waals surface area contributed by atoms with Gasteiger partial charge in [-0.05, 0) is 51.5 Å². The van der Waals surface area contributed by atoms with Crippen LogP contribution in [0.3, 0.4) is 0 Å². The Bertz CT molecular complexity index is 579. The molecular weight excluding hydrogens is 330 g/mol. The van der Waals surface area contributed by atoms with Crippen molar-refractivity contribution in [1.82, 2.24) is 4.90 Å². The Hall–Kier alpha value is -2.04. The van der Waals surface area contributed by atoms with Crippen LogP contribution in [0.4, 0.5) is 9.59 Å². The summed E-state index contributed by atoms with van der Waals surface area (Å²) >= 11 is 0. The zero-order valence-corrected chi connectivity index (χ0v) is 16.2. The number of nitrogens with zero attached hydrogens (tertiary/aromatic N) is 1. The number of amides is 2. The van der Waals surface area contributed by atoms with Gasteiger partial charge in [-0.2, -0.15) is 0 Å². The van der Waals surface area contributed by atoms with E-state index in [1.54, 1.807) is 6.92 Å². The molecule has 26 heavy (non-hydrogen) atoms. The van der Waals surface area contributed by atoms with E-state index >= 15 is 0 Å². The van der Waals surface area contributed by atoms with E-state index in [4.69, 9.17) is 9.47 Å². The molecule has 1 aliphatic carbocycles. The van der Waals surface area contributed by atoms with E-state index in [9.17, 15) is 9.59 Å². The number of rotatable bonds is 6. The fourth-order valence-corrected chi connectivity index (χ4v) is 3.51. The van der Waals surface area contributed by atoms with Crippen LogP contribution in [0.15, 0.2) is 30.3 Å². The van der Waals surface area contributed by atoms with Crippen LogP contribution in [-0.2, 0) is 15.9 Å². The Morgan fingerprint density at radius 2 is 1.73 bits per heavy atom. The number of hydrogen-bond donors (Lipinski definition) is 0. The van der Waals surface area contributed by atoms with Crippen molar-refractivity contribution in [2.75, 3.05) is 13.2 Å². The SMILES string of the molecule is CCOC(=O)N(CCc1ccccc1)C(=O)OC(C)(C)C1CCCCC1. The molecule has 2 rings (SSSR count). The summed E-state index contributed by atoms with van der Waals surface area (Å²) in [4.78, 5) is 26.1. The molecule has 1 saturated carbocycles. The maximum Gasteiger partial charge on any atom is 0.419 e. The van der Waals surface area contributed by atoms with Crippen molar-refractivity contribution in [3.8, 4) is 0 Å². The Morgan fingerprint density at radius 1 is 1.08 bits per heavy atom. The van der Waals surface area contributed by atoms with Gasteiger partial charge in [-0.3, -0.25) is 0 Å². The van der Waals surface area contributed by atoms with E-state index in [0.717, 1.165) is 23.3 Å². The molecule has 0 aromatic heterocycles. The Balaban J connectivity index is 2.02. The first-order chi connectivity index (χ1) is 12.4. The van der Waals surface area contributed by atoms with Gasteiger partial charge in [0.25, 0.3) is 0 Å². The third-order valence-corrected chi connectivity index (χ3v) is 5.11. The molecule has 5 nitrogen and oxygen atoms in total. The van der Waals surface area contributed by atoms with Crippen LogP contribution in [0.1, 0.15) is 58.4 Å². The van der Waals surface area contributed by atoms with Crippen LogP contribution >= 0.6 is 0 Å². The molecule has 0 atom stereocenters. The number of imide groups is 1. The van der Waals surface area contributed by atoms with E-state index in [-0.39, 0.29) is 13.2 Å². The van der Waals surface area contributed by atoms with Gasteiger partial charge in [0.15, 0.2) is 0 Å². The van der Waals surface area contributed by atoms with Gasteiger partial charge >= 0.3 is 12.2 Å². The van der Waals surface area contributed by atoms with Crippen molar-refractivity contribution >= 4 is 12.2 Å². The molecule has 5 heteroatoms. The summed E-state index contributed by atoms with van der Waals surface area (Å²) in [6.07, 6.45) is 5.00. The number of hydrogen-bond acceptors (Lipinski definition) is 4. The third-order valence-electron chi connectivity index (χ3n) is 5.11. The third kappa shape index (κ3) is 5.75. The smallest absolute Gasteiger partial charge is 0.419 e. The van der Waals surface area contributed by atoms with Crippen LogP contribution in [0.25, 0.3) is 0 Å². The summed E-state index contributed by atoms with van der Waals surface area (Å²) in [5.74, 6) is 0.332. The van der Waals surface area contributed by atoms with E-state index < -0.39 is 17.8 Å². The van der Waals surface area contributed by atoms with E-state index in [2.05, 4.69) is 0 Å². The summed E-state index contributed by atoms with van der Waals surface area (Å²) in [6.45, 7) is 6.08. The molecule has 1 aromatic rings. The molecule has 0 N–H and O–H groups in total. The minimum Gasteiger partial charge on any atom is -0.449 e. The van der Waals surface area contributed by atoms with Crippen LogP contribution in [0.2, 0.25) is 0 Å². The second-order valence-electron chi connectivity index (χ2n) is 7.39. The highest BCUT2D eigenvalue weighted by Gasteiger charge is 2.37. The van der Waals surface area contributed by atoms with Crippen molar-refractivity contribution in [3.63, 3.8) is 0 Å². The summed E-state index contributed by atoms with van der Waals surface area (Å²) in [7, 11) is 0. The maximum atomic E-state index is 12.7. The average Bonchev–Trinajstić information content (AvgIpc) is 2.63. The minimum absolute atomic E-state index is 0.222. The molecule has 1 aromatic carbocycles. The molecule has 144 valence electrons. The average molecular weight is 361 g/mol. The van der Waals surface area contributed by atoms with E-state index in [1.807, 2.05) is 44.2 Å². The fraction of sp³-hybridized carbons (Fsp3) is 0.619. The van der Waals surface area contributed by atoms with Gasteiger partial charge in [0.2, 0.25) is 0 Å². The van der Waals surface area contributed by atoms with Gasteiger partial charge in [-0.1, -0.05) is 49.6 Å². The van der Waals surface area contributed by atoms with Crippen molar-refractivity contribution < 1.29 is 19.1 Å². The van der Waals surface area contributed by atoms with Gasteiger partial charge in [0, 0.05) is 6.54 Å². The predicted molar refractivity (Wildman–Crippen MR) is 101 cm³/mol. The maximum absolute atomic E-state index is 12.7. The minimum atomic E-state index is -0.645. The lowest BCUT2D eigenvalue weighted by Crippen LogP contribution is -2.46. The first kappa shape index (κ1) is 20.3. The number of carbonyl (C=O) groups excluding carboxylic acids is 2. The quantitative estimate of drug-likeness (QED) is 0.700. The molecule has 0 aliphatic heterocycles. The largest absolute Gasteiger partial charge is 0.449 e. The first-order valence-electron chi connectivity index (χ1n) is 9.65. The zero-order chi connectivity index (χ0) is 19.0. The normalized spacial score (nSPS) is 15.3.